The van der Waals surface area contributed by atoms with Gasteiger partial charge in [-0.25, -0.2) is 9.97 Å². The van der Waals surface area contributed by atoms with E-state index in [9.17, 15) is 5.11 Å². The van der Waals surface area contributed by atoms with Crippen LogP contribution >= 0.6 is 11.8 Å². The van der Waals surface area contributed by atoms with E-state index in [1.54, 1.807) is 0 Å². The van der Waals surface area contributed by atoms with Crippen LogP contribution in [0.2, 0.25) is 0 Å². The number of aliphatic hydroxyl groups is 2. The lowest BCUT2D eigenvalue weighted by Crippen LogP contribution is -2.15. The first-order valence-electron chi connectivity index (χ1n) is 5.72. The van der Waals surface area contributed by atoms with E-state index in [0.29, 0.717) is 5.75 Å². The van der Waals surface area contributed by atoms with Gasteiger partial charge in [-0.15, -0.1) is 11.8 Å². The van der Waals surface area contributed by atoms with Crippen LogP contribution in [0.3, 0.4) is 0 Å². The van der Waals surface area contributed by atoms with Crippen LogP contribution in [0.5, 0.6) is 0 Å². The molecular weight excluding hydrogens is 238 g/mol. The van der Waals surface area contributed by atoms with Gasteiger partial charge in [0.1, 0.15) is 17.2 Å². The van der Waals surface area contributed by atoms with Gasteiger partial charge < -0.3 is 15.5 Å². The van der Waals surface area contributed by atoms with Crippen LogP contribution in [0.1, 0.15) is 19.4 Å². The summed E-state index contributed by atoms with van der Waals surface area (Å²) in [6.07, 6.45) is 1.65. The highest BCUT2D eigenvalue weighted by Crippen LogP contribution is 2.25. The Morgan fingerprint density at radius 2 is 2.18 bits per heavy atom. The minimum atomic E-state index is -0.706. The van der Waals surface area contributed by atoms with E-state index in [0.717, 1.165) is 29.4 Å². The van der Waals surface area contributed by atoms with Gasteiger partial charge in [0.05, 0.1) is 12.7 Å². The standard InChI is InChI=1S/C11H19N3O2S/c1-3-9-10(12-4-2)13-7-14-11(9)17-6-8(16)5-15/h7-8,15-16H,3-6H2,1-2H3,(H,12,13,14). The molecule has 1 aromatic heterocycles. The molecule has 1 aromatic rings. The third-order valence-electron chi connectivity index (χ3n) is 2.23. The number of anilines is 1. The van der Waals surface area contributed by atoms with Crippen molar-refractivity contribution in [3.8, 4) is 0 Å². The number of aliphatic hydroxyl groups excluding tert-OH is 2. The Balaban J connectivity index is 2.79. The topological polar surface area (TPSA) is 78.3 Å². The average molecular weight is 257 g/mol. The van der Waals surface area contributed by atoms with Crippen molar-refractivity contribution in [3.05, 3.63) is 11.9 Å². The molecule has 0 bridgehead atoms. The summed E-state index contributed by atoms with van der Waals surface area (Å²) in [4.78, 5) is 8.42. The summed E-state index contributed by atoms with van der Waals surface area (Å²) in [5, 5.41) is 22.2. The Kier molecular flexibility index (Phi) is 6.25. The molecule has 0 aliphatic carbocycles. The van der Waals surface area contributed by atoms with Crippen molar-refractivity contribution < 1.29 is 10.2 Å². The number of rotatable bonds is 7. The number of nitrogens with zero attached hydrogens (tertiary/aromatic N) is 2. The smallest absolute Gasteiger partial charge is 0.133 e. The maximum absolute atomic E-state index is 9.33. The van der Waals surface area contributed by atoms with Crippen molar-refractivity contribution >= 4 is 17.6 Å². The lowest BCUT2D eigenvalue weighted by Gasteiger charge is -2.12. The van der Waals surface area contributed by atoms with Gasteiger partial charge in [0.15, 0.2) is 0 Å². The van der Waals surface area contributed by atoms with Gasteiger partial charge in [-0.3, -0.25) is 0 Å². The first-order valence-corrected chi connectivity index (χ1v) is 6.70. The summed E-state index contributed by atoms with van der Waals surface area (Å²) >= 11 is 1.44. The van der Waals surface area contributed by atoms with E-state index in [1.165, 1.54) is 18.1 Å². The molecule has 1 rings (SSSR count). The molecule has 1 atom stereocenters. The second-order valence-electron chi connectivity index (χ2n) is 3.54. The molecule has 6 heteroatoms. The molecule has 0 saturated heterocycles. The molecule has 5 nitrogen and oxygen atoms in total. The molecule has 0 radical (unpaired) electrons. The fourth-order valence-electron chi connectivity index (χ4n) is 1.39. The van der Waals surface area contributed by atoms with Gasteiger partial charge in [-0.05, 0) is 13.3 Å². The lowest BCUT2D eigenvalue weighted by atomic mass is 10.2. The van der Waals surface area contributed by atoms with Crippen molar-refractivity contribution in [1.29, 1.82) is 0 Å². The van der Waals surface area contributed by atoms with E-state index in [4.69, 9.17) is 5.11 Å². The van der Waals surface area contributed by atoms with Gasteiger partial charge in [0.25, 0.3) is 0 Å². The summed E-state index contributed by atoms with van der Waals surface area (Å²) in [5.41, 5.74) is 1.06. The highest BCUT2D eigenvalue weighted by Gasteiger charge is 2.11. The summed E-state index contributed by atoms with van der Waals surface area (Å²) in [6, 6.07) is 0. The predicted octanol–water partition coefficient (Wildman–Crippen LogP) is 0.916. The monoisotopic (exact) mass is 257 g/mol. The summed E-state index contributed by atoms with van der Waals surface area (Å²) in [5.74, 6) is 1.29. The Labute approximate surface area is 106 Å². The van der Waals surface area contributed by atoms with Crippen LogP contribution in [-0.4, -0.2) is 45.2 Å². The van der Waals surface area contributed by atoms with E-state index >= 15 is 0 Å². The maximum atomic E-state index is 9.33. The molecule has 1 unspecified atom stereocenters. The molecule has 0 aliphatic rings. The van der Waals surface area contributed by atoms with Crippen LogP contribution in [0.15, 0.2) is 11.4 Å². The molecule has 0 spiro atoms. The van der Waals surface area contributed by atoms with Crippen LogP contribution in [0, 0.1) is 0 Å². The summed E-state index contributed by atoms with van der Waals surface area (Å²) < 4.78 is 0. The van der Waals surface area contributed by atoms with Crippen molar-refractivity contribution in [2.75, 3.05) is 24.2 Å². The molecule has 96 valence electrons. The van der Waals surface area contributed by atoms with E-state index in [1.807, 2.05) is 13.8 Å². The number of hydrogen-bond acceptors (Lipinski definition) is 6. The predicted molar refractivity (Wildman–Crippen MR) is 69.4 cm³/mol. The molecule has 0 aromatic carbocycles. The summed E-state index contributed by atoms with van der Waals surface area (Å²) in [6.45, 7) is 4.66. The molecule has 0 aliphatic heterocycles. The molecule has 1 heterocycles. The highest BCUT2D eigenvalue weighted by molar-refractivity contribution is 7.99. The van der Waals surface area contributed by atoms with Crippen molar-refractivity contribution in [3.63, 3.8) is 0 Å². The number of hydrogen-bond donors (Lipinski definition) is 3. The maximum Gasteiger partial charge on any atom is 0.133 e. The molecule has 3 N–H and O–H groups in total. The van der Waals surface area contributed by atoms with Gasteiger partial charge in [-0.1, -0.05) is 6.92 Å². The minimum Gasteiger partial charge on any atom is -0.394 e. The number of nitrogens with one attached hydrogen (secondary N) is 1. The first kappa shape index (κ1) is 14.2. The molecule has 0 fully saturated rings. The summed E-state index contributed by atoms with van der Waals surface area (Å²) in [7, 11) is 0. The Bertz CT molecular complexity index is 349. The molecule has 0 amide bonds. The SMILES string of the molecule is CCNc1ncnc(SCC(O)CO)c1CC. The first-order chi connectivity index (χ1) is 8.22. The minimum absolute atomic E-state index is 0.223. The van der Waals surface area contributed by atoms with Gasteiger partial charge in [0.2, 0.25) is 0 Å². The molecule has 17 heavy (non-hydrogen) atoms. The lowest BCUT2D eigenvalue weighted by molar-refractivity contribution is 0.113. The van der Waals surface area contributed by atoms with Crippen LogP contribution in [0.25, 0.3) is 0 Å². The fraction of sp³-hybridized carbons (Fsp3) is 0.636. The second kappa shape index (κ2) is 7.47. The highest BCUT2D eigenvalue weighted by atomic mass is 32.2. The van der Waals surface area contributed by atoms with Gasteiger partial charge >= 0.3 is 0 Å². The van der Waals surface area contributed by atoms with Crippen molar-refractivity contribution in [1.82, 2.24) is 9.97 Å². The quantitative estimate of drug-likeness (QED) is 0.498. The van der Waals surface area contributed by atoms with Crippen LogP contribution in [-0.2, 0) is 6.42 Å². The van der Waals surface area contributed by atoms with Crippen molar-refractivity contribution in [2.45, 2.75) is 31.4 Å². The van der Waals surface area contributed by atoms with Crippen molar-refractivity contribution in [2.24, 2.45) is 0 Å². The average Bonchev–Trinajstić information content (AvgIpc) is 2.36. The zero-order chi connectivity index (χ0) is 12.7. The number of thioether (sulfide) groups is 1. The van der Waals surface area contributed by atoms with Crippen LogP contribution in [0.4, 0.5) is 5.82 Å². The van der Waals surface area contributed by atoms with E-state index in [-0.39, 0.29) is 6.61 Å². The molecular formula is C11H19N3O2S. The van der Waals surface area contributed by atoms with Crippen LogP contribution < -0.4 is 5.32 Å². The zero-order valence-corrected chi connectivity index (χ0v) is 11.0. The van der Waals surface area contributed by atoms with Gasteiger partial charge in [0, 0.05) is 17.9 Å². The Hall–Kier alpha value is -0.850. The van der Waals surface area contributed by atoms with E-state index < -0.39 is 6.10 Å². The number of aromatic nitrogens is 2. The Morgan fingerprint density at radius 1 is 1.41 bits per heavy atom. The van der Waals surface area contributed by atoms with Gasteiger partial charge in [-0.2, -0.15) is 0 Å². The largest absolute Gasteiger partial charge is 0.394 e. The third-order valence-corrected chi connectivity index (χ3v) is 3.40. The molecule has 0 saturated carbocycles. The fourth-order valence-corrected chi connectivity index (χ4v) is 2.38. The second-order valence-corrected chi connectivity index (χ2v) is 4.55. The zero-order valence-electron chi connectivity index (χ0n) is 10.2. The normalized spacial score (nSPS) is 12.5. The van der Waals surface area contributed by atoms with E-state index in [2.05, 4.69) is 15.3 Å². The Morgan fingerprint density at radius 3 is 2.76 bits per heavy atom. The third kappa shape index (κ3) is 4.14.